The van der Waals surface area contributed by atoms with Crippen molar-refractivity contribution >= 4 is 23.6 Å². The van der Waals surface area contributed by atoms with E-state index in [1.807, 2.05) is 0 Å². The summed E-state index contributed by atoms with van der Waals surface area (Å²) in [6.45, 7) is 0. The van der Waals surface area contributed by atoms with Crippen LogP contribution in [-0.4, -0.2) is 53.5 Å². The van der Waals surface area contributed by atoms with Crippen LogP contribution in [0.4, 0.5) is 5.69 Å². The zero-order valence-electron chi connectivity index (χ0n) is 14.5. The van der Waals surface area contributed by atoms with Crippen LogP contribution >= 0.6 is 0 Å². The molecule has 0 bridgehead atoms. The van der Waals surface area contributed by atoms with Crippen LogP contribution in [0.3, 0.4) is 0 Å². The van der Waals surface area contributed by atoms with E-state index in [0.29, 0.717) is 5.75 Å². The van der Waals surface area contributed by atoms with E-state index in [2.05, 4.69) is 14.8 Å². The van der Waals surface area contributed by atoms with Gasteiger partial charge in [-0.05, 0) is 0 Å². The van der Waals surface area contributed by atoms with Crippen LogP contribution < -0.4 is 14.8 Å². The van der Waals surface area contributed by atoms with Crippen molar-refractivity contribution in [3.8, 4) is 11.5 Å². The summed E-state index contributed by atoms with van der Waals surface area (Å²) in [5.41, 5.74) is -0.0448. The first-order chi connectivity index (χ1) is 11.9. The smallest absolute Gasteiger partial charge is 0.354 e. The summed E-state index contributed by atoms with van der Waals surface area (Å²) in [5, 5.41) is 2.65. The van der Waals surface area contributed by atoms with E-state index in [1.165, 1.54) is 33.5 Å². The van der Waals surface area contributed by atoms with Gasteiger partial charge >= 0.3 is 17.9 Å². The van der Waals surface area contributed by atoms with Gasteiger partial charge in [0.1, 0.15) is 5.70 Å². The fourth-order valence-electron chi connectivity index (χ4n) is 1.84. The molecule has 0 aliphatic rings. The van der Waals surface area contributed by atoms with Crippen LogP contribution in [0.5, 0.6) is 11.5 Å². The molecule has 0 aromatic heterocycles. The van der Waals surface area contributed by atoms with Crippen molar-refractivity contribution in [1.29, 1.82) is 0 Å². The Labute approximate surface area is 144 Å². The highest BCUT2D eigenvalue weighted by molar-refractivity contribution is 6.02. The average molecular weight is 353 g/mol. The second-order valence-electron chi connectivity index (χ2n) is 4.44. The van der Waals surface area contributed by atoms with Gasteiger partial charge in [0, 0.05) is 12.1 Å². The maximum Gasteiger partial charge on any atom is 0.354 e. The van der Waals surface area contributed by atoms with Gasteiger partial charge in [-0.1, -0.05) is 0 Å². The molecule has 0 saturated carbocycles. The lowest BCUT2D eigenvalue weighted by molar-refractivity contribution is -0.138. The minimum absolute atomic E-state index is 0.0554. The molecule has 0 atom stereocenters. The van der Waals surface area contributed by atoms with E-state index in [0.717, 1.165) is 20.3 Å². The van der Waals surface area contributed by atoms with Crippen LogP contribution in [0, 0.1) is 0 Å². The fraction of sp³-hybridized carbons (Fsp3) is 0.312. The van der Waals surface area contributed by atoms with Gasteiger partial charge in [0.05, 0.1) is 52.9 Å². The molecule has 9 heteroatoms. The lowest BCUT2D eigenvalue weighted by Gasteiger charge is -2.16. The minimum Gasteiger partial charge on any atom is -0.493 e. The topological polar surface area (TPSA) is 109 Å². The van der Waals surface area contributed by atoms with Crippen molar-refractivity contribution in [3.05, 3.63) is 29.5 Å². The number of nitrogens with one attached hydrogen (secondary N) is 1. The van der Waals surface area contributed by atoms with Gasteiger partial charge in [0.2, 0.25) is 0 Å². The summed E-state index contributed by atoms with van der Waals surface area (Å²) < 4.78 is 24.1. The van der Waals surface area contributed by atoms with Crippen molar-refractivity contribution in [2.24, 2.45) is 0 Å². The predicted molar refractivity (Wildman–Crippen MR) is 86.6 cm³/mol. The molecule has 136 valence electrons. The zero-order chi connectivity index (χ0) is 19.0. The molecule has 1 N–H and O–H groups in total. The summed E-state index contributed by atoms with van der Waals surface area (Å²) in [6, 6.07) is 2.79. The van der Waals surface area contributed by atoms with E-state index in [-0.39, 0.29) is 22.7 Å². The number of esters is 3. The van der Waals surface area contributed by atoms with E-state index < -0.39 is 17.9 Å². The largest absolute Gasteiger partial charge is 0.493 e. The Hall–Kier alpha value is -3.23. The molecule has 1 aromatic carbocycles. The Morgan fingerprint density at radius 2 is 1.48 bits per heavy atom. The Bertz CT molecular complexity index is 696. The summed E-state index contributed by atoms with van der Waals surface area (Å²) in [5.74, 6) is -1.74. The number of methoxy groups -OCH3 is 5. The van der Waals surface area contributed by atoms with Crippen molar-refractivity contribution < 1.29 is 38.1 Å². The molecule has 0 unspecified atom stereocenters. The van der Waals surface area contributed by atoms with Crippen LogP contribution in [0.25, 0.3) is 0 Å². The average Bonchev–Trinajstić information content (AvgIpc) is 2.65. The molecule has 9 nitrogen and oxygen atoms in total. The molecule has 0 aliphatic carbocycles. The molecule has 1 aromatic rings. The second kappa shape index (κ2) is 9.16. The molecule has 0 amide bonds. The van der Waals surface area contributed by atoms with E-state index in [9.17, 15) is 14.4 Å². The van der Waals surface area contributed by atoms with Gasteiger partial charge < -0.3 is 29.0 Å². The highest BCUT2D eigenvalue weighted by atomic mass is 16.5. The number of rotatable bonds is 7. The fourth-order valence-corrected chi connectivity index (χ4v) is 1.84. The van der Waals surface area contributed by atoms with Crippen LogP contribution in [0.1, 0.15) is 10.4 Å². The van der Waals surface area contributed by atoms with Gasteiger partial charge in [0.25, 0.3) is 0 Å². The van der Waals surface area contributed by atoms with Crippen molar-refractivity contribution in [1.82, 2.24) is 0 Å². The van der Waals surface area contributed by atoms with E-state index >= 15 is 0 Å². The van der Waals surface area contributed by atoms with Crippen molar-refractivity contribution in [2.45, 2.75) is 0 Å². The molecular formula is C16H19NO8. The number of carbonyl (C=O) groups excluding carboxylic acids is 3. The highest BCUT2D eigenvalue weighted by Gasteiger charge is 2.21. The highest BCUT2D eigenvalue weighted by Crippen LogP contribution is 2.34. The minimum atomic E-state index is -0.837. The normalized spacial score (nSPS) is 10.5. The molecule has 0 fully saturated rings. The lowest BCUT2D eigenvalue weighted by Crippen LogP contribution is -2.17. The monoisotopic (exact) mass is 353 g/mol. The van der Waals surface area contributed by atoms with Gasteiger partial charge in [-0.25, -0.2) is 14.4 Å². The number of hydrogen-bond donors (Lipinski definition) is 1. The standard InChI is InChI=1S/C16H19NO8/c1-21-12-6-9(15(19)24-4)10(7-13(12)22-2)17-11(16(20)25-5)8-14(18)23-3/h6-8,17H,1-5H3/b11-8+. The maximum absolute atomic E-state index is 12.0. The van der Waals surface area contributed by atoms with Crippen LogP contribution in [0.2, 0.25) is 0 Å². The quantitative estimate of drug-likeness (QED) is 0.438. The third kappa shape index (κ3) is 4.87. The molecule has 0 spiro atoms. The Morgan fingerprint density at radius 1 is 0.880 bits per heavy atom. The summed E-state index contributed by atoms with van der Waals surface area (Å²) in [4.78, 5) is 35.3. The van der Waals surface area contributed by atoms with Crippen molar-refractivity contribution in [2.75, 3.05) is 40.9 Å². The first-order valence-corrected chi connectivity index (χ1v) is 6.91. The predicted octanol–water partition coefficient (Wildman–Crippen LogP) is 1.13. The molecule has 0 saturated heterocycles. The lowest BCUT2D eigenvalue weighted by atomic mass is 10.1. The first-order valence-electron chi connectivity index (χ1n) is 6.91. The molecule has 0 radical (unpaired) electrons. The summed E-state index contributed by atoms with van der Waals surface area (Å²) in [7, 11) is 6.32. The third-order valence-corrected chi connectivity index (χ3v) is 3.07. The number of benzene rings is 1. The van der Waals surface area contributed by atoms with Crippen molar-refractivity contribution in [3.63, 3.8) is 0 Å². The summed E-state index contributed by atoms with van der Waals surface area (Å²) in [6.07, 6.45) is 0.892. The molecule has 0 heterocycles. The second-order valence-corrected chi connectivity index (χ2v) is 4.44. The molecule has 0 aliphatic heterocycles. The molecule has 25 heavy (non-hydrogen) atoms. The van der Waals surface area contributed by atoms with E-state index in [1.54, 1.807) is 0 Å². The Morgan fingerprint density at radius 3 is 1.96 bits per heavy atom. The van der Waals surface area contributed by atoms with Crippen LogP contribution in [-0.2, 0) is 23.8 Å². The van der Waals surface area contributed by atoms with Crippen LogP contribution in [0.15, 0.2) is 23.9 Å². The number of carbonyl (C=O) groups is 3. The maximum atomic E-state index is 12.0. The third-order valence-electron chi connectivity index (χ3n) is 3.07. The first kappa shape index (κ1) is 19.8. The Kier molecular flexibility index (Phi) is 7.26. The van der Waals surface area contributed by atoms with E-state index in [4.69, 9.17) is 14.2 Å². The Balaban J connectivity index is 3.46. The van der Waals surface area contributed by atoms with Gasteiger partial charge in [-0.15, -0.1) is 0 Å². The van der Waals surface area contributed by atoms with Gasteiger partial charge in [0.15, 0.2) is 11.5 Å². The molecular weight excluding hydrogens is 334 g/mol. The SMILES string of the molecule is COC(=O)/C=C(/Nc1cc(OC)c(OC)cc1C(=O)OC)C(=O)OC. The number of anilines is 1. The summed E-state index contributed by atoms with van der Waals surface area (Å²) >= 11 is 0. The number of hydrogen-bond acceptors (Lipinski definition) is 9. The van der Waals surface area contributed by atoms with Gasteiger partial charge in [-0.2, -0.15) is 0 Å². The molecule has 1 rings (SSSR count). The zero-order valence-corrected chi connectivity index (χ0v) is 14.5. The number of ether oxygens (including phenoxy) is 5. The van der Waals surface area contributed by atoms with Gasteiger partial charge in [-0.3, -0.25) is 0 Å².